The zero-order valence-electron chi connectivity index (χ0n) is 19.6. The Morgan fingerprint density at radius 3 is 2.86 bits per heavy atom. The van der Waals surface area contributed by atoms with Crippen molar-refractivity contribution in [3.63, 3.8) is 0 Å². The minimum Gasteiger partial charge on any atom is -0.491 e. The lowest BCUT2D eigenvalue weighted by Gasteiger charge is -2.36. The van der Waals surface area contributed by atoms with Gasteiger partial charge in [-0.15, -0.1) is 4.40 Å². The van der Waals surface area contributed by atoms with Crippen molar-refractivity contribution >= 4 is 38.5 Å². The van der Waals surface area contributed by atoms with Gasteiger partial charge in [-0.2, -0.15) is 8.42 Å². The number of benzene rings is 2. The van der Waals surface area contributed by atoms with Gasteiger partial charge in [0.1, 0.15) is 12.4 Å². The first-order chi connectivity index (χ1) is 16.7. The maximum atomic E-state index is 13.8. The Labute approximate surface area is 204 Å². The summed E-state index contributed by atoms with van der Waals surface area (Å²) >= 11 is 0. The molecule has 1 saturated heterocycles. The summed E-state index contributed by atoms with van der Waals surface area (Å²) in [6.45, 7) is 4.79. The predicted molar refractivity (Wildman–Crippen MR) is 135 cm³/mol. The van der Waals surface area contributed by atoms with Gasteiger partial charge in [0.15, 0.2) is 5.84 Å². The fourth-order valence-corrected chi connectivity index (χ4v) is 5.61. The Morgan fingerprint density at radius 2 is 2.03 bits per heavy atom. The Morgan fingerprint density at radius 1 is 1.20 bits per heavy atom. The second-order valence-electron chi connectivity index (χ2n) is 9.02. The van der Waals surface area contributed by atoms with Crippen molar-refractivity contribution in [2.75, 3.05) is 17.9 Å². The van der Waals surface area contributed by atoms with Crippen LogP contribution in [0.5, 0.6) is 5.75 Å². The summed E-state index contributed by atoms with van der Waals surface area (Å²) in [5, 5.41) is 0.847. The Hall–Kier alpha value is -3.66. The number of anilines is 1. The van der Waals surface area contributed by atoms with E-state index in [-0.39, 0.29) is 24.4 Å². The minimum absolute atomic E-state index is 0.0386. The van der Waals surface area contributed by atoms with Gasteiger partial charge < -0.3 is 15.4 Å². The number of amidine groups is 1. The van der Waals surface area contributed by atoms with Gasteiger partial charge in [0.25, 0.3) is 5.91 Å². The zero-order chi connectivity index (χ0) is 24.7. The molecule has 0 spiro atoms. The van der Waals surface area contributed by atoms with E-state index in [0.717, 1.165) is 41.4 Å². The lowest BCUT2D eigenvalue weighted by atomic mass is 9.99. The molecule has 1 amide bonds. The third-order valence-corrected chi connectivity index (χ3v) is 7.30. The number of carbonyl (C=O) groups excluding carboxylic acids is 1. The van der Waals surface area contributed by atoms with Crippen LogP contribution in [0.2, 0.25) is 0 Å². The first kappa shape index (κ1) is 23.1. The van der Waals surface area contributed by atoms with E-state index in [0.29, 0.717) is 29.1 Å². The van der Waals surface area contributed by atoms with E-state index in [1.807, 2.05) is 43.0 Å². The van der Waals surface area contributed by atoms with Gasteiger partial charge >= 0.3 is 10.2 Å². The molecule has 1 fully saturated rings. The van der Waals surface area contributed by atoms with Crippen LogP contribution in [0.3, 0.4) is 0 Å². The van der Waals surface area contributed by atoms with Crippen LogP contribution in [-0.4, -0.2) is 49.2 Å². The first-order valence-electron chi connectivity index (χ1n) is 11.6. The number of rotatable bonds is 4. The van der Waals surface area contributed by atoms with E-state index in [2.05, 4.69) is 14.1 Å². The molecule has 1 atom stereocenters. The molecule has 35 heavy (non-hydrogen) atoms. The minimum atomic E-state index is -3.87. The molecule has 2 aliphatic heterocycles. The van der Waals surface area contributed by atoms with Gasteiger partial charge in [0.05, 0.1) is 28.4 Å². The molecule has 0 radical (unpaired) electrons. The molecular weight excluding hydrogens is 466 g/mol. The number of piperidine rings is 1. The number of likely N-dealkylation sites (tertiary alicyclic amines) is 1. The molecule has 3 aromatic rings. The van der Waals surface area contributed by atoms with Crippen LogP contribution in [-0.2, 0) is 10.2 Å². The summed E-state index contributed by atoms with van der Waals surface area (Å²) in [4.78, 5) is 20.3. The van der Waals surface area contributed by atoms with Crippen molar-refractivity contribution in [2.45, 2.75) is 39.2 Å². The monoisotopic (exact) mass is 493 g/mol. The summed E-state index contributed by atoms with van der Waals surface area (Å²) in [5.74, 6) is 0.258. The van der Waals surface area contributed by atoms with Crippen molar-refractivity contribution in [3.05, 3.63) is 64.8 Å². The fraction of sp³-hybridized carbons (Fsp3) is 0.320. The molecule has 2 aromatic carbocycles. The Bertz CT molecular complexity index is 1470. The first-order valence-corrected chi connectivity index (χ1v) is 13.0. The highest BCUT2D eigenvalue weighted by Gasteiger charge is 2.30. The molecule has 0 aliphatic carbocycles. The number of nitrogens with two attached hydrogens (primary N) is 1. The molecule has 9 nitrogen and oxygen atoms in total. The molecule has 182 valence electrons. The van der Waals surface area contributed by atoms with Crippen LogP contribution in [0.15, 0.2) is 46.9 Å². The normalized spacial score (nSPS) is 19.0. The zero-order valence-corrected chi connectivity index (χ0v) is 20.4. The molecule has 10 heteroatoms. The Kier molecular flexibility index (Phi) is 5.84. The second-order valence-corrected chi connectivity index (χ2v) is 10.4. The predicted octanol–water partition coefficient (Wildman–Crippen LogP) is 3.30. The average molecular weight is 494 g/mol. The van der Waals surface area contributed by atoms with Crippen LogP contribution in [0.25, 0.3) is 10.9 Å². The maximum absolute atomic E-state index is 13.8. The third-order valence-electron chi connectivity index (χ3n) is 6.38. The topological polar surface area (TPSA) is 127 Å². The van der Waals surface area contributed by atoms with Gasteiger partial charge in [0.2, 0.25) is 0 Å². The van der Waals surface area contributed by atoms with Crippen LogP contribution < -0.4 is 15.2 Å². The summed E-state index contributed by atoms with van der Waals surface area (Å²) in [5.41, 5.74) is 9.98. The average Bonchev–Trinajstić information content (AvgIpc) is 2.81. The number of hydrogen-bond donors (Lipinski definition) is 2. The summed E-state index contributed by atoms with van der Waals surface area (Å²) in [7, 11) is -3.87. The molecule has 5 rings (SSSR count). The van der Waals surface area contributed by atoms with E-state index in [9.17, 15) is 13.2 Å². The second kappa shape index (κ2) is 8.84. The van der Waals surface area contributed by atoms with Crippen molar-refractivity contribution in [1.29, 1.82) is 0 Å². The summed E-state index contributed by atoms with van der Waals surface area (Å²) in [6, 6.07) is 12.7. The number of aromatic nitrogens is 1. The van der Waals surface area contributed by atoms with E-state index in [1.165, 1.54) is 0 Å². The molecule has 3 N–H and O–H groups in total. The smallest absolute Gasteiger partial charge is 0.344 e. The van der Waals surface area contributed by atoms with Crippen LogP contribution in [0, 0.1) is 13.8 Å². The number of hydrogen-bond acceptors (Lipinski definition) is 6. The van der Waals surface area contributed by atoms with Crippen LogP contribution >= 0.6 is 0 Å². The number of aryl methyl sites for hydroxylation is 2. The Balaban J connectivity index is 1.42. The number of nitrogens with zero attached hydrogens (tertiary/aromatic N) is 3. The number of amides is 1. The lowest BCUT2D eigenvalue weighted by Crippen LogP contribution is -2.47. The fourth-order valence-electron chi connectivity index (χ4n) is 4.77. The highest BCUT2D eigenvalue weighted by Crippen LogP contribution is 2.31. The molecule has 3 heterocycles. The van der Waals surface area contributed by atoms with Gasteiger partial charge in [-0.25, -0.2) is 0 Å². The molecule has 0 saturated carbocycles. The highest BCUT2D eigenvalue weighted by molar-refractivity contribution is 7.91. The standard InChI is InChI=1S/C25H27N5O4S/c1-15-9-10-20-18(12-15)19(13-16(2)27-20)25(31)30-11-4-3-6-17(30)14-34-22-8-5-7-21-23(22)24(26)29-35(32,33)28-21/h5,7-10,12-13,17,28H,3-4,6,11,14H2,1-2H3,(H2,26,29)/t17-/m1/s1. The van der Waals surface area contributed by atoms with Crippen molar-refractivity contribution in [1.82, 2.24) is 9.88 Å². The van der Waals surface area contributed by atoms with Gasteiger partial charge in [-0.05, 0) is 63.4 Å². The highest BCUT2D eigenvalue weighted by atomic mass is 32.2. The lowest BCUT2D eigenvalue weighted by molar-refractivity contribution is 0.0530. The molecular formula is C25H27N5O4S. The van der Waals surface area contributed by atoms with Crippen molar-refractivity contribution < 1.29 is 17.9 Å². The number of ether oxygens (including phenoxy) is 1. The van der Waals surface area contributed by atoms with Crippen LogP contribution in [0.4, 0.5) is 5.69 Å². The molecule has 0 bridgehead atoms. The quantitative estimate of drug-likeness (QED) is 0.574. The number of nitrogens with one attached hydrogen (secondary N) is 1. The molecule has 0 unspecified atom stereocenters. The maximum Gasteiger partial charge on any atom is 0.344 e. The van der Waals surface area contributed by atoms with Gasteiger partial charge in [0, 0.05) is 17.6 Å². The van der Waals surface area contributed by atoms with Crippen molar-refractivity contribution in [3.8, 4) is 5.75 Å². The van der Waals surface area contributed by atoms with Crippen molar-refractivity contribution in [2.24, 2.45) is 10.1 Å². The van der Waals surface area contributed by atoms with Gasteiger partial charge in [-0.3, -0.25) is 14.5 Å². The number of pyridine rings is 1. The third kappa shape index (κ3) is 4.53. The summed E-state index contributed by atoms with van der Waals surface area (Å²) in [6.07, 6.45) is 2.71. The van der Waals surface area contributed by atoms with E-state index in [4.69, 9.17) is 10.5 Å². The van der Waals surface area contributed by atoms with E-state index < -0.39 is 10.2 Å². The van der Waals surface area contributed by atoms with Crippen LogP contribution in [0.1, 0.15) is 46.4 Å². The largest absolute Gasteiger partial charge is 0.491 e. The number of fused-ring (bicyclic) bond motifs is 2. The number of carbonyl (C=O) groups is 1. The molecule has 1 aromatic heterocycles. The van der Waals surface area contributed by atoms with E-state index >= 15 is 0 Å². The SMILES string of the molecule is Cc1ccc2nc(C)cc(C(=O)N3CCCC[C@@H]3COc3cccc4c3C(N)=NS(=O)(=O)N4)c2c1. The van der Waals surface area contributed by atoms with Gasteiger partial charge in [-0.1, -0.05) is 17.7 Å². The van der Waals surface area contributed by atoms with E-state index in [1.54, 1.807) is 18.2 Å². The molecule has 2 aliphatic rings. The summed E-state index contributed by atoms with van der Waals surface area (Å²) < 4.78 is 35.8.